The Labute approximate surface area is 68.7 Å². The summed E-state index contributed by atoms with van der Waals surface area (Å²) in [5, 5.41) is 10.4. The third kappa shape index (κ3) is 1.62. The van der Waals surface area contributed by atoms with Gasteiger partial charge in [0.1, 0.15) is 0 Å². The van der Waals surface area contributed by atoms with Crippen LogP contribution in [-0.2, 0) is 0 Å². The van der Waals surface area contributed by atoms with Crippen molar-refractivity contribution >= 4 is 23.4 Å². The van der Waals surface area contributed by atoms with Crippen LogP contribution in [0.25, 0.3) is 0 Å². The number of benzene rings is 1. The van der Waals surface area contributed by atoms with E-state index >= 15 is 0 Å². The first kappa shape index (κ1) is 7.88. The van der Waals surface area contributed by atoms with Gasteiger partial charge in [0.2, 0.25) is 0 Å². The Kier molecular flexibility index (Phi) is 2.33. The molecule has 1 aromatic rings. The van der Waals surface area contributed by atoms with Crippen LogP contribution < -0.4 is 9.94 Å². The smallest absolute Gasteiger partial charge is 0.0736 e. The van der Waals surface area contributed by atoms with Crippen LogP contribution in [0.1, 0.15) is 10.4 Å². The largest absolute Gasteiger partial charge is 0.545 e. The Bertz CT molecular complexity index is 275. The number of hydrogen-bond acceptors (Lipinski definition) is 3. The number of rotatable bonds is 2. The molecule has 0 unspecified atom stereocenters. The van der Waals surface area contributed by atoms with Crippen LogP contribution in [0.4, 0.5) is 5.69 Å². The Morgan fingerprint density at radius 2 is 2.09 bits per heavy atom. The molecule has 0 spiro atoms. The first-order valence-corrected chi connectivity index (χ1v) is 3.30. The molecule has 0 aliphatic rings. The lowest BCUT2D eigenvalue weighted by molar-refractivity contribution is -0.254. The predicted molar refractivity (Wildman–Crippen MR) is 40.2 cm³/mol. The van der Waals surface area contributed by atoms with E-state index < -0.39 is 5.97 Å². The molecule has 0 radical (unpaired) electrons. The van der Waals surface area contributed by atoms with Crippen LogP contribution >= 0.6 is 11.8 Å². The van der Waals surface area contributed by atoms with Gasteiger partial charge in [0.15, 0.2) is 0 Å². The number of carboxylic acids is 1. The summed E-state index contributed by atoms with van der Waals surface area (Å²) in [4.78, 5) is 12.6. The fraction of sp³-hybridized carbons (Fsp3) is 0. The number of halogens is 1. The number of carboxylic acid groups (broad SMARTS) is 1. The van der Waals surface area contributed by atoms with E-state index in [-0.39, 0.29) is 5.56 Å². The highest BCUT2D eigenvalue weighted by Gasteiger charge is 1.98. The fourth-order valence-electron chi connectivity index (χ4n) is 0.744. The van der Waals surface area contributed by atoms with Gasteiger partial charge in [0.05, 0.1) is 11.7 Å². The molecule has 0 saturated heterocycles. The highest BCUT2D eigenvalue weighted by atomic mass is 35.5. The van der Waals surface area contributed by atoms with Crippen molar-refractivity contribution in [2.45, 2.75) is 0 Å². The number of nitrogens with one attached hydrogen (secondary N) is 1. The number of hydrogen-bond donors (Lipinski definition) is 1. The monoisotopic (exact) mass is 170 g/mol. The van der Waals surface area contributed by atoms with Crippen molar-refractivity contribution in [2.24, 2.45) is 0 Å². The van der Waals surface area contributed by atoms with Gasteiger partial charge in [-0.15, -0.1) is 0 Å². The molecular weight excluding hydrogens is 166 g/mol. The molecule has 3 nitrogen and oxygen atoms in total. The van der Waals surface area contributed by atoms with Crippen LogP contribution in [0.5, 0.6) is 0 Å². The van der Waals surface area contributed by atoms with Crippen molar-refractivity contribution in [2.75, 3.05) is 4.84 Å². The molecule has 0 aromatic heterocycles. The molecule has 0 amide bonds. The predicted octanol–water partition coefficient (Wildman–Crippen LogP) is 0.616. The molecule has 1 aromatic carbocycles. The molecule has 0 aliphatic carbocycles. The SMILES string of the molecule is O=C([O-])c1ccccc1NCl. The van der Waals surface area contributed by atoms with E-state index in [0.29, 0.717) is 5.69 Å². The van der Waals surface area contributed by atoms with Crippen molar-refractivity contribution in [3.63, 3.8) is 0 Å². The summed E-state index contributed by atoms with van der Waals surface area (Å²) >= 11 is 5.24. The van der Waals surface area contributed by atoms with Gasteiger partial charge >= 0.3 is 0 Å². The van der Waals surface area contributed by atoms with Crippen LogP contribution in [-0.4, -0.2) is 5.97 Å². The molecule has 0 fully saturated rings. The van der Waals surface area contributed by atoms with Crippen LogP contribution in [0, 0.1) is 0 Å². The lowest BCUT2D eigenvalue weighted by atomic mass is 10.2. The lowest BCUT2D eigenvalue weighted by Gasteiger charge is -2.06. The Morgan fingerprint density at radius 3 is 2.55 bits per heavy atom. The molecule has 1 rings (SSSR count). The second-order valence-electron chi connectivity index (χ2n) is 1.93. The Balaban J connectivity index is 3.12. The van der Waals surface area contributed by atoms with Gasteiger partial charge < -0.3 is 9.90 Å². The maximum absolute atomic E-state index is 10.4. The van der Waals surface area contributed by atoms with Gasteiger partial charge in [0.25, 0.3) is 0 Å². The van der Waals surface area contributed by atoms with Crippen molar-refractivity contribution in [3.05, 3.63) is 29.8 Å². The van der Waals surface area contributed by atoms with Gasteiger partial charge in [-0.25, -0.2) is 0 Å². The van der Waals surface area contributed by atoms with Crippen LogP contribution in [0.3, 0.4) is 0 Å². The van der Waals surface area contributed by atoms with Crippen molar-refractivity contribution in [1.82, 2.24) is 0 Å². The van der Waals surface area contributed by atoms with Crippen molar-refractivity contribution < 1.29 is 9.90 Å². The standard InChI is InChI=1S/C7H6ClNO2/c8-9-6-4-2-1-3-5(6)7(10)11/h1-4,9H,(H,10,11)/p-1. The van der Waals surface area contributed by atoms with E-state index in [2.05, 4.69) is 4.84 Å². The van der Waals surface area contributed by atoms with Crippen LogP contribution in [0.2, 0.25) is 0 Å². The third-order valence-corrected chi connectivity index (χ3v) is 1.45. The summed E-state index contributed by atoms with van der Waals surface area (Å²) in [7, 11) is 0. The zero-order chi connectivity index (χ0) is 8.27. The molecule has 0 heterocycles. The van der Waals surface area contributed by atoms with Gasteiger partial charge in [0, 0.05) is 17.3 Å². The number of aromatic carboxylic acids is 1. The second kappa shape index (κ2) is 3.25. The Morgan fingerprint density at radius 1 is 1.45 bits per heavy atom. The number of carbonyl (C=O) groups excluding carboxylic acids is 1. The number of carbonyl (C=O) groups is 1. The molecule has 0 bridgehead atoms. The minimum absolute atomic E-state index is 0.0579. The quantitative estimate of drug-likeness (QED) is 0.662. The summed E-state index contributed by atoms with van der Waals surface area (Å²) in [5.74, 6) is -1.24. The maximum Gasteiger partial charge on any atom is 0.0736 e. The highest BCUT2D eigenvalue weighted by molar-refractivity contribution is 6.25. The summed E-state index contributed by atoms with van der Waals surface area (Å²) in [5.41, 5.74) is 0.400. The third-order valence-electron chi connectivity index (χ3n) is 1.25. The molecule has 0 saturated carbocycles. The zero-order valence-electron chi connectivity index (χ0n) is 5.50. The highest BCUT2D eigenvalue weighted by Crippen LogP contribution is 2.14. The summed E-state index contributed by atoms with van der Waals surface area (Å²) in [6.07, 6.45) is 0. The average Bonchev–Trinajstić information content (AvgIpc) is 2.04. The van der Waals surface area contributed by atoms with Crippen molar-refractivity contribution in [1.29, 1.82) is 0 Å². The zero-order valence-corrected chi connectivity index (χ0v) is 6.26. The van der Waals surface area contributed by atoms with Crippen LogP contribution in [0.15, 0.2) is 24.3 Å². The molecule has 4 heteroatoms. The lowest BCUT2D eigenvalue weighted by Crippen LogP contribution is -2.22. The molecule has 11 heavy (non-hydrogen) atoms. The van der Waals surface area contributed by atoms with E-state index in [0.717, 1.165) is 0 Å². The average molecular weight is 171 g/mol. The number of anilines is 1. The molecule has 0 atom stereocenters. The van der Waals surface area contributed by atoms with Gasteiger partial charge in [-0.1, -0.05) is 18.2 Å². The van der Waals surface area contributed by atoms with Gasteiger partial charge in [-0.3, -0.25) is 4.84 Å². The first-order valence-electron chi connectivity index (χ1n) is 2.92. The fourth-order valence-corrected chi connectivity index (χ4v) is 0.908. The summed E-state index contributed by atoms with van der Waals surface area (Å²) in [6, 6.07) is 6.25. The molecule has 0 aliphatic heterocycles. The van der Waals surface area contributed by atoms with Crippen molar-refractivity contribution in [3.8, 4) is 0 Å². The Hall–Kier alpha value is -1.22. The number of para-hydroxylation sites is 1. The maximum atomic E-state index is 10.4. The molecule has 58 valence electrons. The van der Waals surface area contributed by atoms with Gasteiger partial charge in [-0.2, -0.15) is 0 Å². The summed E-state index contributed by atoms with van der Waals surface area (Å²) < 4.78 is 0. The van der Waals surface area contributed by atoms with E-state index in [4.69, 9.17) is 11.8 Å². The summed E-state index contributed by atoms with van der Waals surface area (Å²) in [6.45, 7) is 0. The first-order chi connectivity index (χ1) is 5.25. The van der Waals surface area contributed by atoms with E-state index in [1.54, 1.807) is 18.2 Å². The molecular formula is C7H5ClNO2-. The van der Waals surface area contributed by atoms with Gasteiger partial charge in [-0.05, 0) is 6.07 Å². The molecule has 1 N–H and O–H groups in total. The van der Waals surface area contributed by atoms with E-state index in [1.165, 1.54) is 6.07 Å². The van der Waals surface area contributed by atoms with E-state index in [1.807, 2.05) is 0 Å². The topological polar surface area (TPSA) is 52.2 Å². The van der Waals surface area contributed by atoms with E-state index in [9.17, 15) is 9.90 Å². The minimum atomic E-state index is -1.24. The minimum Gasteiger partial charge on any atom is -0.545 e. The second-order valence-corrected chi connectivity index (χ2v) is 2.12. The normalized spacial score (nSPS) is 9.18.